The maximum absolute atomic E-state index is 11.0. The molecule has 0 bridgehead atoms. The molecule has 0 saturated carbocycles. The van der Waals surface area contributed by atoms with E-state index in [4.69, 9.17) is 5.11 Å². The maximum atomic E-state index is 11.0. The average molecular weight is 284 g/mol. The maximum Gasteiger partial charge on any atom is 0.335 e. The molecule has 1 heterocycles. The van der Waals surface area contributed by atoms with Gasteiger partial charge in [-0.25, -0.2) is 9.80 Å². The van der Waals surface area contributed by atoms with Crippen molar-refractivity contribution in [2.75, 3.05) is 12.0 Å². The highest BCUT2D eigenvalue weighted by molar-refractivity contribution is 5.95. The van der Waals surface area contributed by atoms with Crippen LogP contribution in [0.1, 0.15) is 23.2 Å². The fraction of sp³-hybridized carbons (Fsp3) is 0.250. The third-order valence-electron chi connectivity index (χ3n) is 3.82. The molecule has 5 nitrogen and oxygen atoms in total. The molecule has 2 N–H and O–H groups in total. The minimum Gasteiger partial charge on any atom is -0.478 e. The van der Waals surface area contributed by atoms with Crippen molar-refractivity contribution in [2.24, 2.45) is 0 Å². The standard InChI is InChI=1S/C16H16N2O3/c19-10-15-2-1-7-18(15)17-14-6-5-11-8-13(16(20)21)4-3-12(11)9-14/h3-6,8-10,15,17H,1-2,7H2,(H,20,21)/t15-/m0/s1. The zero-order valence-corrected chi connectivity index (χ0v) is 11.5. The summed E-state index contributed by atoms with van der Waals surface area (Å²) in [5.41, 5.74) is 4.44. The van der Waals surface area contributed by atoms with Gasteiger partial charge in [0.2, 0.25) is 0 Å². The number of aldehydes is 1. The summed E-state index contributed by atoms with van der Waals surface area (Å²) in [5, 5.41) is 12.8. The Kier molecular flexibility index (Phi) is 3.58. The largest absolute Gasteiger partial charge is 0.478 e. The Morgan fingerprint density at radius 3 is 2.76 bits per heavy atom. The number of rotatable bonds is 4. The molecule has 0 radical (unpaired) electrons. The monoisotopic (exact) mass is 284 g/mol. The highest BCUT2D eigenvalue weighted by Crippen LogP contribution is 2.23. The van der Waals surface area contributed by atoms with E-state index in [9.17, 15) is 9.59 Å². The molecule has 0 unspecified atom stereocenters. The number of carbonyl (C=O) groups is 2. The summed E-state index contributed by atoms with van der Waals surface area (Å²) >= 11 is 0. The number of aromatic carboxylic acids is 1. The van der Waals surface area contributed by atoms with E-state index in [-0.39, 0.29) is 11.6 Å². The van der Waals surface area contributed by atoms with Gasteiger partial charge in [-0.3, -0.25) is 0 Å². The Balaban J connectivity index is 1.86. The second-order valence-corrected chi connectivity index (χ2v) is 5.23. The summed E-state index contributed by atoms with van der Waals surface area (Å²) in [5.74, 6) is -0.926. The molecule has 5 heteroatoms. The van der Waals surface area contributed by atoms with Crippen LogP contribution in [-0.4, -0.2) is 35.0 Å². The summed E-state index contributed by atoms with van der Waals surface area (Å²) in [6.07, 6.45) is 2.86. The molecule has 1 saturated heterocycles. The topological polar surface area (TPSA) is 69.6 Å². The van der Waals surface area contributed by atoms with Gasteiger partial charge in [-0.2, -0.15) is 0 Å². The predicted molar refractivity (Wildman–Crippen MR) is 80.3 cm³/mol. The Hall–Kier alpha value is -2.40. The third kappa shape index (κ3) is 2.73. The molecule has 0 spiro atoms. The number of hydrazine groups is 1. The highest BCUT2D eigenvalue weighted by atomic mass is 16.4. The molecule has 2 aromatic rings. The molecule has 1 aliphatic rings. The number of carboxylic acids is 1. The molecule has 21 heavy (non-hydrogen) atoms. The molecule has 1 atom stereocenters. The minimum atomic E-state index is -0.926. The van der Waals surface area contributed by atoms with Crippen molar-refractivity contribution >= 4 is 28.7 Å². The Labute approximate surface area is 122 Å². The summed E-state index contributed by atoms with van der Waals surface area (Å²) < 4.78 is 0. The van der Waals surface area contributed by atoms with Gasteiger partial charge in [-0.15, -0.1) is 0 Å². The van der Waals surface area contributed by atoms with Crippen molar-refractivity contribution in [1.29, 1.82) is 0 Å². The summed E-state index contributed by atoms with van der Waals surface area (Å²) in [7, 11) is 0. The average Bonchev–Trinajstić information content (AvgIpc) is 2.93. The molecule has 1 fully saturated rings. The second-order valence-electron chi connectivity index (χ2n) is 5.23. The second kappa shape index (κ2) is 5.54. The van der Waals surface area contributed by atoms with Gasteiger partial charge in [0, 0.05) is 12.2 Å². The minimum absolute atomic E-state index is 0.0740. The number of hydrogen-bond donors (Lipinski definition) is 2. The summed E-state index contributed by atoms with van der Waals surface area (Å²) in [6.45, 7) is 0.847. The van der Waals surface area contributed by atoms with Gasteiger partial charge in [0.05, 0.1) is 11.6 Å². The smallest absolute Gasteiger partial charge is 0.335 e. The number of carbonyl (C=O) groups excluding carboxylic acids is 1. The normalized spacial score (nSPS) is 18.8. The SMILES string of the molecule is O=C[C@@H]1CCCN1Nc1ccc2cc(C(=O)O)ccc2c1. The van der Waals surface area contributed by atoms with Crippen LogP contribution in [-0.2, 0) is 4.79 Å². The predicted octanol–water partition coefficient (Wildman–Crippen LogP) is 2.53. The van der Waals surface area contributed by atoms with Crippen LogP contribution in [0, 0.1) is 0 Å². The number of nitrogens with zero attached hydrogens (tertiary/aromatic N) is 1. The van der Waals surface area contributed by atoms with Gasteiger partial charge in [-0.1, -0.05) is 12.1 Å². The molecule has 0 amide bonds. The number of carboxylic acid groups (broad SMARTS) is 1. The molecule has 0 aliphatic carbocycles. The van der Waals surface area contributed by atoms with Crippen LogP contribution in [0.2, 0.25) is 0 Å². The van der Waals surface area contributed by atoms with E-state index in [1.54, 1.807) is 18.2 Å². The van der Waals surface area contributed by atoms with Gasteiger partial charge in [0.15, 0.2) is 0 Å². The first-order chi connectivity index (χ1) is 10.2. The number of fused-ring (bicyclic) bond motifs is 1. The lowest BCUT2D eigenvalue weighted by Gasteiger charge is -2.22. The van der Waals surface area contributed by atoms with E-state index in [0.29, 0.717) is 0 Å². The van der Waals surface area contributed by atoms with Gasteiger partial charge in [0.25, 0.3) is 0 Å². The van der Waals surface area contributed by atoms with Crippen LogP contribution < -0.4 is 5.43 Å². The van der Waals surface area contributed by atoms with Crippen molar-refractivity contribution in [3.8, 4) is 0 Å². The molecule has 3 rings (SSSR count). The van der Waals surface area contributed by atoms with Crippen molar-refractivity contribution in [2.45, 2.75) is 18.9 Å². The fourth-order valence-corrected chi connectivity index (χ4v) is 2.69. The van der Waals surface area contributed by atoms with Gasteiger partial charge < -0.3 is 15.3 Å². The van der Waals surface area contributed by atoms with Crippen LogP contribution in [0.3, 0.4) is 0 Å². The quantitative estimate of drug-likeness (QED) is 0.844. The Bertz CT molecular complexity index is 699. The zero-order valence-electron chi connectivity index (χ0n) is 11.5. The highest BCUT2D eigenvalue weighted by Gasteiger charge is 2.23. The van der Waals surface area contributed by atoms with E-state index in [2.05, 4.69) is 5.43 Å². The summed E-state index contributed by atoms with van der Waals surface area (Å²) in [6, 6.07) is 10.7. The first kappa shape index (κ1) is 13.6. The third-order valence-corrected chi connectivity index (χ3v) is 3.82. The van der Waals surface area contributed by atoms with Crippen molar-refractivity contribution in [3.63, 3.8) is 0 Å². The lowest BCUT2D eigenvalue weighted by Crippen LogP contribution is -2.35. The first-order valence-electron chi connectivity index (χ1n) is 6.93. The van der Waals surface area contributed by atoms with E-state index in [0.717, 1.165) is 42.1 Å². The van der Waals surface area contributed by atoms with Crippen LogP contribution in [0.4, 0.5) is 5.69 Å². The van der Waals surface area contributed by atoms with Gasteiger partial charge in [0.1, 0.15) is 6.29 Å². The van der Waals surface area contributed by atoms with Crippen molar-refractivity contribution in [1.82, 2.24) is 5.01 Å². The van der Waals surface area contributed by atoms with Crippen LogP contribution in [0.15, 0.2) is 36.4 Å². The van der Waals surface area contributed by atoms with Crippen LogP contribution >= 0.6 is 0 Å². The molecule has 1 aliphatic heterocycles. The summed E-state index contributed by atoms with van der Waals surface area (Å²) in [4.78, 5) is 21.9. The van der Waals surface area contributed by atoms with Crippen molar-refractivity contribution < 1.29 is 14.7 Å². The zero-order chi connectivity index (χ0) is 14.8. The molecule has 108 valence electrons. The molecular weight excluding hydrogens is 268 g/mol. The van der Waals surface area contributed by atoms with Crippen molar-refractivity contribution in [3.05, 3.63) is 42.0 Å². The van der Waals surface area contributed by atoms with E-state index >= 15 is 0 Å². The number of benzene rings is 2. The molecule has 0 aromatic heterocycles. The molecular formula is C16H16N2O3. The first-order valence-corrected chi connectivity index (χ1v) is 6.93. The lowest BCUT2D eigenvalue weighted by atomic mass is 10.1. The van der Waals surface area contributed by atoms with Crippen LogP contribution in [0.5, 0.6) is 0 Å². The lowest BCUT2D eigenvalue weighted by molar-refractivity contribution is -0.111. The fourth-order valence-electron chi connectivity index (χ4n) is 2.69. The van der Waals surface area contributed by atoms with E-state index in [1.165, 1.54) is 0 Å². The number of nitrogens with one attached hydrogen (secondary N) is 1. The Morgan fingerprint density at radius 2 is 2.00 bits per heavy atom. The number of anilines is 1. The number of hydrogen-bond acceptors (Lipinski definition) is 4. The van der Waals surface area contributed by atoms with Gasteiger partial charge >= 0.3 is 5.97 Å². The Morgan fingerprint density at radius 1 is 1.24 bits per heavy atom. The van der Waals surface area contributed by atoms with E-state index in [1.807, 2.05) is 23.2 Å². The van der Waals surface area contributed by atoms with E-state index < -0.39 is 5.97 Å². The van der Waals surface area contributed by atoms with Crippen LogP contribution in [0.25, 0.3) is 10.8 Å². The molecule has 2 aromatic carbocycles. The van der Waals surface area contributed by atoms with Gasteiger partial charge in [-0.05, 0) is 47.9 Å².